The van der Waals surface area contributed by atoms with Gasteiger partial charge in [-0.05, 0) is 32.4 Å². The molecule has 2 rings (SSSR count). The summed E-state index contributed by atoms with van der Waals surface area (Å²) in [6, 6.07) is 6.39. The van der Waals surface area contributed by atoms with Crippen LogP contribution in [0, 0.1) is 0 Å². The summed E-state index contributed by atoms with van der Waals surface area (Å²) in [7, 11) is 0. The third-order valence-corrected chi connectivity index (χ3v) is 3.08. The van der Waals surface area contributed by atoms with Crippen molar-refractivity contribution >= 4 is 22.6 Å². The molecule has 98 valence electrons. The number of alkyl halides is 1. The molecule has 2 aromatic rings. The van der Waals surface area contributed by atoms with Crippen molar-refractivity contribution in [1.29, 1.82) is 0 Å². The number of hydrogen-bond donors (Lipinski definition) is 0. The Kier molecular flexibility index (Phi) is 4.12. The molecule has 1 heterocycles. The van der Waals surface area contributed by atoms with Crippen LogP contribution in [0.4, 0.5) is 0 Å². The van der Waals surface area contributed by atoms with Crippen LogP contribution in [-0.4, -0.2) is 16.2 Å². The van der Waals surface area contributed by atoms with Crippen LogP contribution in [0.3, 0.4) is 0 Å². The fourth-order valence-corrected chi connectivity index (χ4v) is 2.30. The number of benzene rings is 1. The predicted octanol–water partition coefficient (Wildman–Crippen LogP) is 4.14. The van der Waals surface area contributed by atoms with Gasteiger partial charge in [0.15, 0.2) is 0 Å². The molecule has 18 heavy (non-hydrogen) atoms. The Hall–Kier alpha value is -1.22. The molecule has 3 nitrogen and oxygen atoms in total. The standard InChI is InChI=1S/C14H19ClN2O/c1-4-7-18-11-5-6-13-12(8-11)16-14(9-15)17(13)10(2)3/h5-6,8,10H,4,7,9H2,1-3H3. The summed E-state index contributed by atoms with van der Waals surface area (Å²) in [4.78, 5) is 4.57. The van der Waals surface area contributed by atoms with E-state index in [1.165, 1.54) is 0 Å². The van der Waals surface area contributed by atoms with Gasteiger partial charge in [-0.1, -0.05) is 6.92 Å². The van der Waals surface area contributed by atoms with E-state index in [0.29, 0.717) is 11.9 Å². The molecule has 0 spiro atoms. The lowest BCUT2D eigenvalue weighted by Crippen LogP contribution is -2.04. The molecular weight excluding hydrogens is 248 g/mol. The lowest BCUT2D eigenvalue weighted by Gasteiger charge is -2.11. The molecule has 0 aliphatic rings. The average Bonchev–Trinajstić information content (AvgIpc) is 2.73. The molecule has 4 heteroatoms. The quantitative estimate of drug-likeness (QED) is 0.761. The fourth-order valence-electron chi connectivity index (χ4n) is 2.11. The van der Waals surface area contributed by atoms with Crippen LogP contribution in [-0.2, 0) is 5.88 Å². The van der Waals surface area contributed by atoms with Crippen molar-refractivity contribution < 1.29 is 4.74 Å². The Morgan fingerprint density at radius 3 is 2.78 bits per heavy atom. The normalized spacial score (nSPS) is 11.4. The number of halogens is 1. The van der Waals surface area contributed by atoms with E-state index < -0.39 is 0 Å². The minimum atomic E-state index is 0.353. The number of fused-ring (bicyclic) bond motifs is 1. The van der Waals surface area contributed by atoms with E-state index in [1.807, 2.05) is 12.1 Å². The number of hydrogen-bond acceptors (Lipinski definition) is 2. The number of imidazole rings is 1. The highest BCUT2D eigenvalue weighted by molar-refractivity contribution is 6.16. The molecule has 0 saturated carbocycles. The van der Waals surface area contributed by atoms with Crippen molar-refractivity contribution in [2.45, 2.75) is 39.1 Å². The zero-order valence-electron chi connectivity index (χ0n) is 11.1. The Morgan fingerprint density at radius 2 is 2.17 bits per heavy atom. The maximum Gasteiger partial charge on any atom is 0.125 e. The van der Waals surface area contributed by atoms with E-state index in [1.54, 1.807) is 0 Å². The summed E-state index contributed by atoms with van der Waals surface area (Å²) in [5.41, 5.74) is 2.07. The van der Waals surface area contributed by atoms with E-state index in [0.717, 1.165) is 35.6 Å². The van der Waals surface area contributed by atoms with E-state index >= 15 is 0 Å². The molecule has 0 saturated heterocycles. The lowest BCUT2D eigenvalue weighted by atomic mass is 10.2. The van der Waals surface area contributed by atoms with Crippen LogP contribution in [0.25, 0.3) is 11.0 Å². The third kappa shape index (κ3) is 2.46. The Bertz CT molecular complexity index is 534. The summed E-state index contributed by atoms with van der Waals surface area (Å²) < 4.78 is 7.80. The molecule has 0 atom stereocenters. The second-order valence-electron chi connectivity index (χ2n) is 4.62. The van der Waals surface area contributed by atoms with Crippen molar-refractivity contribution in [2.75, 3.05) is 6.61 Å². The van der Waals surface area contributed by atoms with Gasteiger partial charge in [0.25, 0.3) is 0 Å². The monoisotopic (exact) mass is 266 g/mol. The van der Waals surface area contributed by atoms with Gasteiger partial charge in [0.2, 0.25) is 0 Å². The number of aromatic nitrogens is 2. The summed E-state index contributed by atoms with van der Waals surface area (Å²) in [6.45, 7) is 7.10. The van der Waals surface area contributed by atoms with Crippen LogP contribution in [0.1, 0.15) is 39.1 Å². The van der Waals surface area contributed by atoms with Gasteiger partial charge in [-0.15, -0.1) is 11.6 Å². The van der Waals surface area contributed by atoms with Crippen LogP contribution in [0.2, 0.25) is 0 Å². The van der Waals surface area contributed by atoms with Gasteiger partial charge in [-0.2, -0.15) is 0 Å². The highest BCUT2D eigenvalue weighted by atomic mass is 35.5. The van der Waals surface area contributed by atoms with E-state index in [9.17, 15) is 0 Å². The Labute approximate surface area is 113 Å². The summed E-state index contributed by atoms with van der Waals surface area (Å²) >= 11 is 5.96. The van der Waals surface area contributed by atoms with Gasteiger partial charge in [0.1, 0.15) is 11.6 Å². The van der Waals surface area contributed by atoms with Gasteiger partial charge < -0.3 is 9.30 Å². The molecule has 0 aliphatic carbocycles. The van der Waals surface area contributed by atoms with E-state index in [2.05, 4.69) is 36.4 Å². The van der Waals surface area contributed by atoms with Crippen LogP contribution in [0.15, 0.2) is 18.2 Å². The van der Waals surface area contributed by atoms with Gasteiger partial charge >= 0.3 is 0 Å². The zero-order valence-corrected chi connectivity index (χ0v) is 11.9. The minimum absolute atomic E-state index is 0.353. The first-order valence-corrected chi connectivity index (χ1v) is 6.90. The first-order chi connectivity index (χ1) is 8.67. The Balaban J connectivity index is 2.45. The predicted molar refractivity (Wildman–Crippen MR) is 75.5 cm³/mol. The Morgan fingerprint density at radius 1 is 1.39 bits per heavy atom. The summed E-state index contributed by atoms with van der Waals surface area (Å²) in [6.07, 6.45) is 1.01. The number of ether oxygens (including phenoxy) is 1. The lowest BCUT2D eigenvalue weighted by molar-refractivity contribution is 0.318. The average molecular weight is 267 g/mol. The zero-order chi connectivity index (χ0) is 13.1. The number of nitrogens with zero attached hydrogens (tertiary/aromatic N) is 2. The molecule has 0 unspecified atom stereocenters. The van der Waals surface area contributed by atoms with E-state index in [4.69, 9.17) is 16.3 Å². The van der Waals surface area contributed by atoms with Crippen molar-refractivity contribution in [3.8, 4) is 5.75 Å². The summed E-state index contributed by atoms with van der Waals surface area (Å²) in [5, 5.41) is 0. The largest absolute Gasteiger partial charge is 0.494 e. The van der Waals surface area contributed by atoms with Crippen molar-refractivity contribution in [3.63, 3.8) is 0 Å². The molecule has 0 fully saturated rings. The SMILES string of the molecule is CCCOc1ccc2c(c1)nc(CCl)n2C(C)C. The first kappa shape index (κ1) is 13.2. The maximum absolute atomic E-state index is 5.96. The molecule has 1 aromatic carbocycles. The second-order valence-corrected chi connectivity index (χ2v) is 4.89. The molecule has 1 aromatic heterocycles. The van der Waals surface area contributed by atoms with Crippen molar-refractivity contribution in [3.05, 3.63) is 24.0 Å². The van der Waals surface area contributed by atoms with Gasteiger partial charge in [0, 0.05) is 12.1 Å². The van der Waals surface area contributed by atoms with Gasteiger partial charge in [0.05, 0.1) is 23.5 Å². The van der Waals surface area contributed by atoms with Gasteiger partial charge in [-0.3, -0.25) is 0 Å². The fraction of sp³-hybridized carbons (Fsp3) is 0.500. The van der Waals surface area contributed by atoms with E-state index in [-0.39, 0.29) is 0 Å². The smallest absolute Gasteiger partial charge is 0.125 e. The maximum atomic E-state index is 5.96. The van der Waals surface area contributed by atoms with Gasteiger partial charge in [-0.25, -0.2) is 4.98 Å². The minimum Gasteiger partial charge on any atom is -0.494 e. The molecule has 0 bridgehead atoms. The second kappa shape index (κ2) is 5.61. The first-order valence-electron chi connectivity index (χ1n) is 6.37. The molecule has 0 radical (unpaired) electrons. The topological polar surface area (TPSA) is 27.1 Å². The molecule has 0 N–H and O–H groups in total. The number of rotatable bonds is 5. The van der Waals surface area contributed by atoms with Crippen LogP contribution >= 0.6 is 11.6 Å². The molecular formula is C14H19ClN2O. The van der Waals surface area contributed by atoms with Crippen LogP contribution < -0.4 is 4.74 Å². The molecule has 0 aliphatic heterocycles. The highest BCUT2D eigenvalue weighted by Gasteiger charge is 2.12. The van der Waals surface area contributed by atoms with Crippen molar-refractivity contribution in [1.82, 2.24) is 9.55 Å². The van der Waals surface area contributed by atoms with Crippen molar-refractivity contribution in [2.24, 2.45) is 0 Å². The third-order valence-electron chi connectivity index (χ3n) is 2.84. The highest BCUT2D eigenvalue weighted by Crippen LogP contribution is 2.25. The molecule has 0 amide bonds. The van der Waals surface area contributed by atoms with Crippen LogP contribution in [0.5, 0.6) is 5.75 Å². The summed E-state index contributed by atoms with van der Waals surface area (Å²) in [5.74, 6) is 2.21.